The largest absolute Gasteiger partial charge is 0.496 e. The molecule has 19 heavy (non-hydrogen) atoms. The van der Waals surface area contributed by atoms with Crippen LogP contribution >= 0.6 is 0 Å². The van der Waals surface area contributed by atoms with E-state index in [1.165, 1.54) is 16.7 Å². The molecule has 3 N–H and O–H groups in total. The maximum atomic E-state index is 5.60. The molecule has 0 bridgehead atoms. The number of methoxy groups -OCH3 is 1. The summed E-state index contributed by atoms with van der Waals surface area (Å²) < 4.78 is 5.45. The first-order valence-corrected chi connectivity index (χ1v) is 7.13. The predicted octanol–water partition coefficient (Wildman–Crippen LogP) is 2.43. The summed E-state index contributed by atoms with van der Waals surface area (Å²) in [6, 6.07) is 4.36. The van der Waals surface area contributed by atoms with Crippen LogP contribution in [0.1, 0.15) is 30.0 Å². The number of benzene rings is 1. The molecule has 0 saturated heterocycles. The lowest BCUT2D eigenvalue weighted by molar-refractivity contribution is 0.408. The number of ether oxygens (including phenoxy) is 1. The number of hydrogen-bond donors (Lipinski definition) is 2. The molecule has 108 valence electrons. The molecule has 0 aliphatic heterocycles. The molecule has 0 aliphatic carbocycles. The highest BCUT2D eigenvalue weighted by Crippen LogP contribution is 2.23. The summed E-state index contributed by atoms with van der Waals surface area (Å²) in [7, 11) is 1.74. The first-order chi connectivity index (χ1) is 9.08. The highest BCUT2D eigenvalue weighted by Gasteiger charge is 2.05. The number of aryl methyl sites for hydroxylation is 2. The molecule has 1 aromatic rings. The highest BCUT2D eigenvalue weighted by atomic mass is 16.5. The van der Waals surface area contributed by atoms with E-state index in [9.17, 15) is 0 Å². The molecular formula is C16H28N2O. The second kappa shape index (κ2) is 8.18. The Labute approximate surface area is 117 Å². The zero-order valence-corrected chi connectivity index (χ0v) is 12.8. The van der Waals surface area contributed by atoms with Crippen molar-refractivity contribution in [2.45, 2.75) is 33.6 Å². The van der Waals surface area contributed by atoms with E-state index in [1.807, 2.05) is 0 Å². The molecule has 0 saturated carbocycles. The van der Waals surface area contributed by atoms with Crippen LogP contribution in [-0.4, -0.2) is 26.7 Å². The van der Waals surface area contributed by atoms with Gasteiger partial charge in [-0.3, -0.25) is 0 Å². The normalized spacial score (nSPS) is 12.5. The van der Waals surface area contributed by atoms with Crippen molar-refractivity contribution in [3.8, 4) is 5.75 Å². The summed E-state index contributed by atoms with van der Waals surface area (Å²) in [6.45, 7) is 9.24. The minimum atomic E-state index is 0.601. The Morgan fingerprint density at radius 2 is 1.89 bits per heavy atom. The monoisotopic (exact) mass is 264 g/mol. The molecule has 0 amide bonds. The molecule has 0 spiro atoms. The van der Waals surface area contributed by atoms with E-state index < -0.39 is 0 Å². The van der Waals surface area contributed by atoms with Gasteiger partial charge in [0, 0.05) is 0 Å². The van der Waals surface area contributed by atoms with Crippen molar-refractivity contribution >= 4 is 0 Å². The Kier molecular flexibility index (Phi) is 6.89. The molecule has 0 aliphatic rings. The van der Waals surface area contributed by atoms with Crippen molar-refractivity contribution < 1.29 is 4.74 Å². The summed E-state index contributed by atoms with van der Waals surface area (Å²) in [4.78, 5) is 0. The summed E-state index contributed by atoms with van der Waals surface area (Å²) in [5, 5.41) is 3.47. The first kappa shape index (κ1) is 16.0. The van der Waals surface area contributed by atoms with Gasteiger partial charge in [-0.15, -0.1) is 0 Å². The average molecular weight is 264 g/mol. The van der Waals surface area contributed by atoms with Crippen molar-refractivity contribution in [2.75, 3.05) is 26.7 Å². The third-order valence-corrected chi connectivity index (χ3v) is 3.68. The Bertz CT molecular complexity index is 391. The van der Waals surface area contributed by atoms with Gasteiger partial charge in [0.25, 0.3) is 0 Å². The van der Waals surface area contributed by atoms with Crippen LogP contribution in [0.25, 0.3) is 0 Å². The SMILES string of the molecule is COc1cc(C)c(C)cc1CCNCCC(C)CN. The van der Waals surface area contributed by atoms with Crippen LogP contribution in [0.15, 0.2) is 12.1 Å². The van der Waals surface area contributed by atoms with Crippen LogP contribution in [0.5, 0.6) is 5.75 Å². The summed E-state index contributed by atoms with van der Waals surface area (Å²) in [6.07, 6.45) is 2.14. The number of rotatable bonds is 8. The lowest BCUT2D eigenvalue weighted by atomic mass is 10.0. The lowest BCUT2D eigenvalue weighted by Crippen LogP contribution is -2.22. The quantitative estimate of drug-likeness (QED) is 0.709. The summed E-state index contributed by atoms with van der Waals surface area (Å²) >= 11 is 0. The molecule has 0 aromatic heterocycles. The van der Waals surface area contributed by atoms with Gasteiger partial charge in [0.05, 0.1) is 7.11 Å². The lowest BCUT2D eigenvalue weighted by Gasteiger charge is -2.13. The second-order valence-corrected chi connectivity index (χ2v) is 5.38. The fraction of sp³-hybridized carbons (Fsp3) is 0.625. The number of nitrogens with one attached hydrogen (secondary N) is 1. The Morgan fingerprint density at radius 1 is 1.21 bits per heavy atom. The van der Waals surface area contributed by atoms with E-state index in [1.54, 1.807) is 7.11 Å². The second-order valence-electron chi connectivity index (χ2n) is 5.38. The van der Waals surface area contributed by atoms with Gasteiger partial charge >= 0.3 is 0 Å². The van der Waals surface area contributed by atoms with E-state index in [-0.39, 0.29) is 0 Å². The van der Waals surface area contributed by atoms with Crippen LogP contribution in [0.2, 0.25) is 0 Å². The van der Waals surface area contributed by atoms with E-state index in [0.717, 1.165) is 38.2 Å². The maximum Gasteiger partial charge on any atom is 0.122 e. The zero-order chi connectivity index (χ0) is 14.3. The van der Waals surface area contributed by atoms with Crippen molar-refractivity contribution in [1.82, 2.24) is 5.32 Å². The molecule has 1 atom stereocenters. The van der Waals surface area contributed by atoms with E-state index in [0.29, 0.717) is 5.92 Å². The Morgan fingerprint density at radius 3 is 2.53 bits per heavy atom. The first-order valence-electron chi connectivity index (χ1n) is 7.13. The van der Waals surface area contributed by atoms with Crippen LogP contribution in [0.4, 0.5) is 0 Å². The number of nitrogens with two attached hydrogens (primary N) is 1. The standard InChI is InChI=1S/C16H28N2O/c1-12(11-17)5-7-18-8-6-15-9-13(2)14(3)10-16(15)19-4/h9-10,12,18H,5-8,11,17H2,1-4H3. The van der Waals surface area contributed by atoms with Gasteiger partial charge in [-0.2, -0.15) is 0 Å². The molecule has 0 fully saturated rings. The number of hydrogen-bond acceptors (Lipinski definition) is 3. The smallest absolute Gasteiger partial charge is 0.122 e. The molecule has 1 unspecified atom stereocenters. The third-order valence-electron chi connectivity index (χ3n) is 3.68. The highest BCUT2D eigenvalue weighted by molar-refractivity contribution is 5.41. The van der Waals surface area contributed by atoms with Gasteiger partial charge in [0.15, 0.2) is 0 Å². The van der Waals surface area contributed by atoms with Crippen molar-refractivity contribution in [1.29, 1.82) is 0 Å². The van der Waals surface area contributed by atoms with E-state index >= 15 is 0 Å². The van der Waals surface area contributed by atoms with Gasteiger partial charge in [-0.1, -0.05) is 13.0 Å². The Hall–Kier alpha value is -1.06. The fourth-order valence-corrected chi connectivity index (χ4v) is 2.05. The molecule has 1 rings (SSSR count). The third kappa shape index (κ3) is 5.21. The Balaban J connectivity index is 2.42. The molecule has 3 heteroatoms. The van der Waals surface area contributed by atoms with Gasteiger partial charge < -0.3 is 15.8 Å². The van der Waals surface area contributed by atoms with Crippen LogP contribution < -0.4 is 15.8 Å². The predicted molar refractivity (Wildman–Crippen MR) is 81.9 cm³/mol. The molecule has 1 aromatic carbocycles. The van der Waals surface area contributed by atoms with E-state index in [2.05, 4.69) is 38.2 Å². The summed E-state index contributed by atoms with van der Waals surface area (Å²) in [5.74, 6) is 1.60. The van der Waals surface area contributed by atoms with Crippen LogP contribution in [0, 0.1) is 19.8 Å². The van der Waals surface area contributed by atoms with Gasteiger partial charge in [0.1, 0.15) is 5.75 Å². The zero-order valence-electron chi connectivity index (χ0n) is 12.8. The van der Waals surface area contributed by atoms with Gasteiger partial charge in [0.2, 0.25) is 0 Å². The minimum Gasteiger partial charge on any atom is -0.496 e. The maximum absolute atomic E-state index is 5.60. The van der Waals surface area contributed by atoms with Gasteiger partial charge in [-0.05, 0) is 75.0 Å². The van der Waals surface area contributed by atoms with Crippen molar-refractivity contribution in [3.63, 3.8) is 0 Å². The van der Waals surface area contributed by atoms with Crippen molar-refractivity contribution in [3.05, 3.63) is 28.8 Å². The topological polar surface area (TPSA) is 47.3 Å². The van der Waals surface area contributed by atoms with Crippen molar-refractivity contribution in [2.24, 2.45) is 11.7 Å². The minimum absolute atomic E-state index is 0.601. The van der Waals surface area contributed by atoms with Gasteiger partial charge in [-0.25, -0.2) is 0 Å². The van der Waals surface area contributed by atoms with E-state index in [4.69, 9.17) is 10.5 Å². The van der Waals surface area contributed by atoms with Crippen LogP contribution in [-0.2, 0) is 6.42 Å². The fourth-order valence-electron chi connectivity index (χ4n) is 2.05. The van der Waals surface area contributed by atoms with Crippen LogP contribution in [0.3, 0.4) is 0 Å². The molecular weight excluding hydrogens is 236 g/mol. The molecule has 0 heterocycles. The molecule has 0 radical (unpaired) electrons. The summed E-state index contributed by atoms with van der Waals surface area (Å²) in [5.41, 5.74) is 9.49. The average Bonchev–Trinajstić information content (AvgIpc) is 2.41. The molecule has 3 nitrogen and oxygen atoms in total.